The predicted molar refractivity (Wildman–Crippen MR) is 140 cm³/mol. The molecule has 1 saturated carbocycles. The molecule has 1 aromatic heterocycles. The number of anilines is 1. The molecule has 1 amide bonds. The average molecular weight is 456 g/mol. The highest BCUT2D eigenvalue weighted by atomic mass is 16.2. The van der Waals surface area contributed by atoms with E-state index in [2.05, 4.69) is 52.3 Å². The maximum Gasteiger partial charge on any atom is 0.228 e. The summed E-state index contributed by atoms with van der Waals surface area (Å²) in [7, 11) is 0. The number of benzene rings is 2. The molecular weight excluding hydrogens is 418 g/mol. The number of hydrogen-bond donors (Lipinski definition) is 0. The van der Waals surface area contributed by atoms with Crippen LogP contribution in [0, 0.1) is 5.92 Å². The van der Waals surface area contributed by atoms with E-state index in [0.717, 1.165) is 25.5 Å². The molecule has 1 aliphatic carbocycles. The minimum atomic E-state index is 0.244. The summed E-state index contributed by atoms with van der Waals surface area (Å²) in [5.41, 5.74) is 1.44. The van der Waals surface area contributed by atoms with Crippen LogP contribution in [0.5, 0.6) is 0 Å². The van der Waals surface area contributed by atoms with Gasteiger partial charge in [-0.2, -0.15) is 0 Å². The van der Waals surface area contributed by atoms with E-state index in [0.29, 0.717) is 24.8 Å². The molecule has 5 rings (SSSR count). The Labute approximate surface area is 204 Å². The Morgan fingerprint density at radius 1 is 0.912 bits per heavy atom. The van der Waals surface area contributed by atoms with Gasteiger partial charge in [0, 0.05) is 32.3 Å². The van der Waals surface area contributed by atoms with Crippen molar-refractivity contribution in [3.05, 3.63) is 72.4 Å². The van der Waals surface area contributed by atoms with Crippen LogP contribution in [-0.4, -0.2) is 42.0 Å². The van der Waals surface area contributed by atoms with Gasteiger partial charge < -0.3 is 4.90 Å². The molecule has 1 aliphatic heterocycles. The van der Waals surface area contributed by atoms with Crippen LogP contribution in [-0.2, 0) is 4.79 Å². The van der Waals surface area contributed by atoms with Crippen LogP contribution < -0.4 is 4.90 Å². The van der Waals surface area contributed by atoms with Gasteiger partial charge in [0.25, 0.3) is 0 Å². The summed E-state index contributed by atoms with van der Waals surface area (Å²) in [6, 6.07) is 21.4. The zero-order valence-corrected chi connectivity index (χ0v) is 20.2. The van der Waals surface area contributed by atoms with Crippen molar-refractivity contribution in [3.63, 3.8) is 0 Å². The number of carbonyl (C=O) groups excluding carboxylic acids is 1. The van der Waals surface area contributed by atoms with Crippen LogP contribution in [0.2, 0.25) is 0 Å². The topological polar surface area (TPSA) is 36.4 Å². The van der Waals surface area contributed by atoms with Gasteiger partial charge in [0.2, 0.25) is 5.91 Å². The van der Waals surface area contributed by atoms with Gasteiger partial charge in [0.1, 0.15) is 5.82 Å². The number of likely N-dealkylation sites (tertiary alicyclic amines) is 1. The quantitative estimate of drug-likeness (QED) is 0.413. The number of pyridine rings is 1. The fourth-order valence-electron chi connectivity index (χ4n) is 5.86. The number of aromatic nitrogens is 1. The minimum absolute atomic E-state index is 0.244. The van der Waals surface area contributed by atoms with Gasteiger partial charge in [-0.05, 0) is 72.5 Å². The summed E-state index contributed by atoms with van der Waals surface area (Å²) in [6.07, 6.45) is 11.2. The van der Waals surface area contributed by atoms with Gasteiger partial charge in [-0.25, -0.2) is 4.98 Å². The van der Waals surface area contributed by atoms with E-state index in [1.54, 1.807) is 6.20 Å². The Kier molecular flexibility index (Phi) is 7.55. The number of nitrogens with zero attached hydrogens (tertiary/aromatic N) is 3. The first-order valence-corrected chi connectivity index (χ1v) is 13.2. The number of fused-ring (bicyclic) bond motifs is 1. The van der Waals surface area contributed by atoms with E-state index in [1.165, 1.54) is 61.3 Å². The van der Waals surface area contributed by atoms with Crippen molar-refractivity contribution in [2.75, 3.05) is 31.1 Å². The molecular formula is C30H37N3O. The Morgan fingerprint density at radius 3 is 2.56 bits per heavy atom. The maximum atomic E-state index is 13.4. The lowest BCUT2D eigenvalue weighted by molar-refractivity contribution is -0.119. The summed E-state index contributed by atoms with van der Waals surface area (Å²) in [6.45, 7) is 3.78. The summed E-state index contributed by atoms with van der Waals surface area (Å²) in [4.78, 5) is 22.4. The summed E-state index contributed by atoms with van der Waals surface area (Å²) in [5, 5.41) is 2.63. The highest BCUT2D eigenvalue weighted by Crippen LogP contribution is 2.30. The van der Waals surface area contributed by atoms with Crippen LogP contribution >= 0.6 is 0 Å². The molecule has 0 spiro atoms. The van der Waals surface area contributed by atoms with E-state index in [-0.39, 0.29) is 5.91 Å². The third kappa shape index (κ3) is 5.67. The number of carbonyl (C=O) groups is 1. The lowest BCUT2D eigenvalue weighted by atomic mass is 9.86. The third-order valence-corrected chi connectivity index (χ3v) is 7.81. The summed E-state index contributed by atoms with van der Waals surface area (Å²) < 4.78 is 0. The average Bonchev–Trinajstić information content (AvgIpc) is 2.90. The smallest absolute Gasteiger partial charge is 0.228 e. The molecule has 178 valence electrons. The fraction of sp³-hybridized carbons (Fsp3) is 0.467. The highest BCUT2D eigenvalue weighted by molar-refractivity contribution is 5.92. The standard InChI is InChI=1S/C30H37N3O/c34-30(21-24-9-2-1-3-10-24)33(29-14-6-7-17-31-29)20-19-32-18-8-13-28(23-32)27-16-15-25-11-4-5-12-26(25)22-27/h4-7,11-12,14-17,22,24,28H,1-3,8-10,13,18-21,23H2. The van der Waals surface area contributed by atoms with E-state index in [9.17, 15) is 4.79 Å². The number of rotatable bonds is 7. The zero-order chi connectivity index (χ0) is 23.2. The molecule has 3 aromatic rings. The van der Waals surface area contributed by atoms with Gasteiger partial charge in [-0.3, -0.25) is 9.69 Å². The van der Waals surface area contributed by atoms with Gasteiger partial charge >= 0.3 is 0 Å². The monoisotopic (exact) mass is 455 g/mol. The van der Waals surface area contributed by atoms with Gasteiger partial charge in [-0.1, -0.05) is 67.8 Å². The molecule has 1 unspecified atom stereocenters. The van der Waals surface area contributed by atoms with Crippen LogP contribution in [0.15, 0.2) is 66.9 Å². The predicted octanol–water partition coefficient (Wildman–Crippen LogP) is 6.42. The number of amides is 1. The van der Waals surface area contributed by atoms with Crippen molar-refractivity contribution in [1.82, 2.24) is 9.88 Å². The fourth-order valence-corrected chi connectivity index (χ4v) is 5.86. The first-order chi connectivity index (χ1) is 16.8. The molecule has 2 aromatic carbocycles. The molecule has 34 heavy (non-hydrogen) atoms. The summed E-state index contributed by atoms with van der Waals surface area (Å²) >= 11 is 0. The number of hydrogen-bond acceptors (Lipinski definition) is 3. The van der Waals surface area contributed by atoms with Crippen LogP contribution in [0.3, 0.4) is 0 Å². The van der Waals surface area contributed by atoms with Gasteiger partial charge in [0.05, 0.1) is 0 Å². The van der Waals surface area contributed by atoms with Crippen molar-refractivity contribution in [2.24, 2.45) is 5.92 Å². The number of piperidine rings is 1. The molecule has 1 saturated heterocycles. The van der Waals surface area contributed by atoms with Crippen molar-refractivity contribution < 1.29 is 4.79 Å². The van der Waals surface area contributed by atoms with Crippen LogP contribution in [0.4, 0.5) is 5.82 Å². The molecule has 0 radical (unpaired) electrons. The van der Waals surface area contributed by atoms with Crippen molar-refractivity contribution >= 4 is 22.5 Å². The second-order valence-corrected chi connectivity index (χ2v) is 10.2. The molecule has 0 bridgehead atoms. The van der Waals surface area contributed by atoms with Gasteiger partial charge in [-0.15, -0.1) is 0 Å². The molecule has 4 nitrogen and oxygen atoms in total. The zero-order valence-electron chi connectivity index (χ0n) is 20.2. The molecule has 1 atom stereocenters. The largest absolute Gasteiger partial charge is 0.301 e. The first kappa shape index (κ1) is 23.0. The SMILES string of the molecule is O=C(CC1CCCCC1)N(CCN1CCCC(c2ccc3ccccc3c2)C1)c1ccccn1. The van der Waals surface area contributed by atoms with Crippen LogP contribution in [0.25, 0.3) is 10.8 Å². The summed E-state index contributed by atoms with van der Waals surface area (Å²) in [5.74, 6) is 2.14. The lowest BCUT2D eigenvalue weighted by Gasteiger charge is -2.35. The van der Waals surface area contributed by atoms with Crippen molar-refractivity contribution in [3.8, 4) is 0 Å². The van der Waals surface area contributed by atoms with E-state index in [4.69, 9.17) is 0 Å². The second kappa shape index (κ2) is 11.1. The first-order valence-electron chi connectivity index (χ1n) is 13.2. The molecule has 2 heterocycles. The Balaban J connectivity index is 1.24. The minimum Gasteiger partial charge on any atom is -0.301 e. The Morgan fingerprint density at radius 2 is 1.74 bits per heavy atom. The second-order valence-electron chi connectivity index (χ2n) is 10.2. The van der Waals surface area contributed by atoms with Crippen molar-refractivity contribution in [1.29, 1.82) is 0 Å². The van der Waals surface area contributed by atoms with E-state index in [1.807, 2.05) is 23.1 Å². The normalized spacial score (nSPS) is 19.8. The third-order valence-electron chi connectivity index (χ3n) is 7.81. The molecule has 2 fully saturated rings. The highest BCUT2D eigenvalue weighted by Gasteiger charge is 2.25. The van der Waals surface area contributed by atoms with Crippen molar-refractivity contribution in [2.45, 2.75) is 57.3 Å². The van der Waals surface area contributed by atoms with E-state index >= 15 is 0 Å². The molecule has 2 aliphatic rings. The lowest BCUT2D eigenvalue weighted by Crippen LogP contribution is -2.43. The van der Waals surface area contributed by atoms with Gasteiger partial charge in [0.15, 0.2) is 0 Å². The molecule has 0 N–H and O–H groups in total. The Bertz CT molecular complexity index is 1080. The maximum absolute atomic E-state index is 13.4. The van der Waals surface area contributed by atoms with E-state index < -0.39 is 0 Å². The van der Waals surface area contributed by atoms with Crippen LogP contribution in [0.1, 0.15) is 62.8 Å². The Hall–Kier alpha value is -2.72. The molecule has 4 heteroatoms.